The van der Waals surface area contributed by atoms with E-state index in [0.29, 0.717) is 0 Å². The Morgan fingerprint density at radius 1 is 1.33 bits per heavy atom. The molecule has 108 valence electrons. The fourth-order valence-corrected chi connectivity index (χ4v) is 4.80. The third-order valence-corrected chi connectivity index (χ3v) is 5.65. The van der Waals surface area contributed by atoms with Crippen molar-refractivity contribution in [1.82, 2.24) is 4.90 Å². The molecule has 0 spiro atoms. The predicted octanol–water partition coefficient (Wildman–Crippen LogP) is 5.14. The van der Waals surface area contributed by atoms with Gasteiger partial charge in [-0.15, -0.1) is 34.9 Å². The summed E-state index contributed by atoms with van der Waals surface area (Å²) in [6.07, 6.45) is 2.90. The van der Waals surface area contributed by atoms with Crippen molar-refractivity contribution >= 4 is 61.0 Å². The van der Waals surface area contributed by atoms with E-state index in [1.54, 1.807) is 11.3 Å². The molecular weight excluding hydrogens is 364 g/mol. The predicted molar refractivity (Wildman–Crippen MR) is 100 cm³/mol. The molecule has 0 bridgehead atoms. The SMILES string of the molecule is Br.C=CCC1=C(c2cccc3sccc23)N2CCN=C2S1. The van der Waals surface area contributed by atoms with Gasteiger partial charge in [0.05, 0.1) is 12.2 Å². The van der Waals surface area contributed by atoms with Crippen molar-refractivity contribution in [3.05, 3.63) is 52.8 Å². The zero-order valence-electron chi connectivity index (χ0n) is 11.4. The molecule has 5 heteroatoms. The number of nitrogens with zero attached hydrogens (tertiary/aromatic N) is 2. The molecule has 2 aromatic rings. The molecule has 0 unspecified atom stereocenters. The molecule has 3 heterocycles. The molecule has 2 aliphatic heterocycles. The van der Waals surface area contributed by atoms with Gasteiger partial charge in [-0.1, -0.05) is 30.0 Å². The van der Waals surface area contributed by atoms with Gasteiger partial charge in [0.25, 0.3) is 0 Å². The van der Waals surface area contributed by atoms with Crippen LogP contribution in [0.5, 0.6) is 0 Å². The Balaban J connectivity index is 0.00000132. The number of amidine groups is 1. The molecule has 0 atom stereocenters. The van der Waals surface area contributed by atoms with Gasteiger partial charge in [-0.2, -0.15) is 0 Å². The van der Waals surface area contributed by atoms with Crippen molar-refractivity contribution in [1.29, 1.82) is 0 Å². The van der Waals surface area contributed by atoms with Crippen LogP contribution >= 0.6 is 40.1 Å². The maximum Gasteiger partial charge on any atom is 0.168 e. The number of halogens is 1. The van der Waals surface area contributed by atoms with Gasteiger partial charge < -0.3 is 4.90 Å². The molecule has 0 radical (unpaired) electrons. The second kappa shape index (κ2) is 5.99. The fraction of sp³-hybridized carbons (Fsp3) is 0.188. The molecule has 0 N–H and O–H groups in total. The van der Waals surface area contributed by atoms with Crippen LogP contribution in [0.4, 0.5) is 0 Å². The van der Waals surface area contributed by atoms with Gasteiger partial charge in [-0.3, -0.25) is 4.99 Å². The van der Waals surface area contributed by atoms with Crippen molar-refractivity contribution < 1.29 is 0 Å². The minimum absolute atomic E-state index is 0. The number of fused-ring (bicyclic) bond motifs is 2. The van der Waals surface area contributed by atoms with Gasteiger partial charge in [-0.05, 0) is 23.9 Å². The molecule has 0 aliphatic carbocycles. The summed E-state index contributed by atoms with van der Waals surface area (Å²) in [4.78, 5) is 8.35. The molecule has 2 nitrogen and oxygen atoms in total. The highest BCUT2D eigenvalue weighted by molar-refractivity contribution is 8.93. The maximum atomic E-state index is 4.61. The van der Waals surface area contributed by atoms with Crippen LogP contribution in [0.1, 0.15) is 12.0 Å². The number of rotatable bonds is 3. The Morgan fingerprint density at radius 3 is 3.10 bits per heavy atom. The molecule has 0 amide bonds. The minimum atomic E-state index is 0. The average molecular weight is 379 g/mol. The number of hydrogen-bond donors (Lipinski definition) is 0. The lowest BCUT2D eigenvalue weighted by atomic mass is 10.1. The third kappa shape index (κ3) is 2.37. The van der Waals surface area contributed by atoms with E-state index < -0.39 is 0 Å². The summed E-state index contributed by atoms with van der Waals surface area (Å²) >= 11 is 3.61. The highest BCUT2D eigenvalue weighted by atomic mass is 79.9. The molecule has 1 aromatic heterocycles. The Morgan fingerprint density at radius 2 is 2.24 bits per heavy atom. The Kier molecular flexibility index (Phi) is 4.24. The van der Waals surface area contributed by atoms with Crippen LogP contribution in [0.2, 0.25) is 0 Å². The fourth-order valence-electron chi connectivity index (χ4n) is 2.80. The highest BCUT2D eigenvalue weighted by Gasteiger charge is 2.32. The van der Waals surface area contributed by atoms with Gasteiger partial charge in [-0.25, -0.2) is 0 Å². The zero-order chi connectivity index (χ0) is 13.5. The standard InChI is InChI=1S/C16H14N2S2.BrH/c1-2-4-14-15(18-9-8-17-16(18)20-14)12-5-3-6-13-11(12)7-10-19-13;/h2-3,5-7,10H,1,4,8-9H2;1H. The van der Waals surface area contributed by atoms with E-state index >= 15 is 0 Å². The highest BCUT2D eigenvalue weighted by Crippen LogP contribution is 2.45. The number of aliphatic imine (C=N–C) groups is 1. The lowest BCUT2D eigenvalue weighted by molar-refractivity contribution is 0.648. The number of thiophene rings is 1. The van der Waals surface area contributed by atoms with Crippen LogP contribution in [0.25, 0.3) is 15.8 Å². The largest absolute Gasteiger partial charge is 0.318 e. The van der Waals surface area contributed by atoms with E-state index in [1.807, 2.05) is 17.8 Å². The summed E-state index contributed by atoms with van der Waals surface area (Å²) < 4.78 is 1.35. The van der Waals surface area contributed by atoms with Crippen molar-refractivity contribution in [2.75, 3.05) is 13.1 Å². The average Bonchev–Trinajstić information content (AvgIpc) is 3.12. The van der Waals surface area contributed by atoms with E-state index in [-0.39, 0.29) is 17.0 Å². The van der Waals surface area contributed by atoms with Crippen molar-refractivity contribution in [3.8, 4) is 0 Å². The molecule has 21 heavy (non-hydrogen) atoms. The lowest BCUT2D eigenvalue weighted by Crippen LogP contribution is -2.20. The normalized spacial score (nSPS) is 17.0. The molecule has 0 saturated carbocycles. The van der Waals surface area contributed by atoms with Crippen LogP contribution in [-0.2, 0) is 0 Å². The summed E-state index contributed by atoms with van der Waals surface area (Å²) in [6.45, 7) is 5.80. The van der Waals surface area contributed by atoms with Crippen molar-refractivity contribution in [3.63, 3.8) is 0 Å². The van der Waals surface area contributed by atoms with Gasteiger partial charge in [0, 0.05) is 27.1 Å². The molecule has 2 aliphatic rings. The topological polar surface area (TPSA) is 15.6 Å². The Labute approximate surface area is 143 Å². The van der Waals surface area contributed by atoms with E-state index in [1.165, 1.54) is 26.3 Å². The van der Waals surface area contributed by atoms with Crippen LogP contribution in [-0.4, -0.2) is 23.2 Å². The lowest BCUT2D eigenvalue weighted by Gasteiger charge is -2.18. The quantitative estimate of drug-likeness (QED) is 0.686. The van der Waals surface area contributed by atoms with Gasteiger partial charge in [0.15, 0.2) is 5.17 Å². The molecule has 4 rings (SSSR count). The second-order valence-electron chi connectivity index (χ2n) is 4.82. The van der Waals surface area contributed by atoms with E-state index in [4.69, 9.17) is 0 Å². The molecular formula is C16H15BrN2S2. The Hall–Kier alpha value is -1.04. The number of hydrogen-bond acceptors (Lipinski definition) is 4. The summed E-state index contributed by atoms with van der Waals surface area (Å²) in [5, 5.41) is 4.68. The van der Waals surface area contributed by atoms with Crippen LogP contribution in [0.15, 0.2) is 52.2 Å². The van der Waals surface area contributed by atoms with Crippen LogP contribution < -0.4 is 0 Å². The van der Waals surface area contributed by atoms with Crippen molar-refractivity contribution in [2.45, 2.75) is 6.42 Å². The summed E-state index contributed by atoms with van der Waals surface area (Å²) in [6, 6.07) is 8.81. The molecule has 0 fully saturated rings. The zero-order valence-corrected chi connectivity index (χ0v) is 14.8. The number of allylic oxidation sites excluding steroid dienone is 2. The van der Waals surface area contributed by atoms with Crippen molar-refractivity contribution in [2.24, 2.45) is 4.99 Å². The maximum absolute atomic E-state index is 4.61. The van der Waals surface area contributed by atoms with E-state index in [2.05, 4.69) is 46.1 Å². The van der Waals surface area contributed by atoms with E-state index in [0.717, 1.165) is 24.7 Å². The first-order valence-electron chi connectivity index (χ1n) is 6.69. The molecule has 0 saturated heterocycles. The number of thioether (sulfide) groups is 1. The summed E-state index contributed by atoms with van der Waals surface area (Å²) in [7, 11) is 0. The van der Waals surface area contributed by atoms with Crippen LogP contribution in [0.3, 0.4) is 0 Å². The monoisotopic (exact) mass is 378 g/mol. The first kappa shape index (κ1) is 14.9. The van der Waals surface area contributed by atoms with Crippen LogP contribution in [0, 0.1) is 0 Å². The molecule has 1 aromatic carbocycles. The first-order valence-corrected chi connectivity index (χ1v) is 8.38. The number of benzene rings is 1. The van der Waals surface area contributed by atoms with Gasteiger partial charge >= 0.3 is 0 Å². The van der Waals surface area contributed by atoms with Gasteiger partial charge in [0.1, 0.15) is 0 Å². The summed E-state index contributed by atoms with van der Waals surface area (Å²) in [5.41, 5.74) is 2.68. The van der Waals surface area contributed by atoms with E-state index in [9.17, 15) is 0 Å². The summed E-state index contributed by atoms with van der Waals surface area (Å²) in [5.74, 6) is 0. The smallest absolute Gasteiger partial charge is 0.168 e. The Bertz CT molecular complexity index is 760. The first-order chi connectivity index (χ1) is 9.88. The third-order valence-electron chi connectivity index (χ3n) is 3.63. The second-order valence-corrected chi connectivity index (χ2v) is 6.83. The minimum Gasteiger partial charge on any atom is -0.318 e. The van der Waals surface area contributed by atoms with Gasteiger partial charge in [0.2, 0.25) is 0 Å².